The Balaban J connectivity index is 2.59. The first-order valence-corrected chi connectivity index (χ1v) is 5.84. The summed E-state index contributed by atoms with van der Waals surface area (Å²) < 4.78 is 5.05. The number of rotatable bonds is 4. The smallest absolute Gasteiger partial charge is 0.340 e. The van der Waals surface area contributed by atoms with Gasteiger partial charge in [-0.05, 0) is 39.8 Å². The van der Waals surface area contributed by atoms with Crippen LogP contribution in [0.4, 0.5) is 0 Å². The van der Waals surface area contributed by atoms with Crippen LogP contribution in [0.1, 0.15) is 36.8 Å². The standard InChI is InChI=1S/C13H18N2O3/c1-8(2)15-12(16)10(4)18-13(17)11-6-5-9(3)14-7-11/h5-8,10H,1-4H3,(H,15,16). The van der Waals surface area contributed by atoms with Gasteiger partial charge in [-0.15, -0.1) is 0 Å². The van der Waals surface area contributed by atoms with Crippen molar-refractivity contribution >= 4 is 11.9 Å². The van der Waals surface area contributed by atoms with Gasteiger partial charge in [-0.1, -0.05) is 0 Å². The quantitative estimate of drug-likeness (QED) is 0.821. The lowest BCUT2D eigenvalue weighted by molar-refractivity contribution is -0.129. The summed E-state index contributed by atoms with van der Waals surface area (Å²) in [6.07, 6.45) is 0.617. The fourth-order valence-corrected chi connectivity index (χ4v) is 1.27. The maximum atomic E-state index is 11.7. The Morgan fingerprint density at radius 2 is 1.94 bits per heavy atom. The number of hydrogen-bond acceptors (Lipinski definition) is 4. The van der Waals surface area contributed by atoms with E-state index in [1.165, 1.54) is 13.1 Å². The van der Waals surface area contributed by atoms with Gasteiger partial charge in [-0.25, -0.2) is 4.79 Å². The number of aromatic nitrogens is 1. The highest BCUT2D eigenvalue weighted by Crippen LogP contribution is 2.04. The summed E-state index contributed by atoms with van der Waals surface area (Å²) in [5.41, 5.74) is 1.15. The van der Waals surface area contributed by atoms with Crippen molar-refractivity contribution in [3.8, 4) is 0 Å². The largest absolute Gasteiger partial charge is 0.449 e. The summed E-state index contributed by atoms with van der Waals surface area (Å²) in [7, 11) is 0. The Morgan fingerprint density at radius 3 is 2.44 bits per heavy atom. The Morgan fingerprint density at radius 1 is 1.28 bits per heavy atom. The van der Waals surface area contributed by atoms with E-state index in [2.05, 4.69) is 10.3 Å². The molecule has 0 saturated carbocycles. The predicted octanol–water partition coefficient (Wildman–Crippen LogP) is 1.46. The van der Waals surface area contributed by atoms with Crippen molar-refractivity contribution in [3.05, 3.63) is 29.6 Å². The minimum Gasteiger partial charge on any atom is -0.449 e. The molecule has 0 radical (unpaired) electrons. The second-order valence-electron chi connectivity index (χ2n) is 4.40. The molecule has 0 spiro atoms. The Labute approximate surface area is 107 Å². The molecule has 0 aliphatic carbocycles. The number of nitrogens with one attached hydrogen (secondary N) is 1. The minimum atomic E-state index is -0.818. The number of nitrogens with zero attached hydrogens (tertiary/aromatic N) is 1. The van der Waals surface area contributed by atoms with Crippen molar-refractivity contribution in [2.24, 2.45) is 0 Å². The van der Waals surface area contributed by atoms with Crippen LogP contribution in [0.25, 0.3) is 0 Å². The zero-order chi connectivity index (χ0) is 13.7. The van der Waals surface area contributed by atoms with Crippen molar-refractivity contribution < 1.29 is 14.3 Å². The van der Waals surface area contributed by atoms with Gasteiger partial charge in [0.05, 0.1) is 5.56 Å². The zero-order valence-corrected chi connectivity index (χ0v) is 11.1. The molecule has 18 heavy (non-hydrogen) atoms. The molecule has 1 atom stereocenters. The number of esters is 1. The number of aryl methyl sites for hydroxylation is 1. The lowest BCUT2D eigenvalue weighted by atomic mass is 10.2. The van der Waals surface area contributed by atoms with Gasteiger partial charge in [-0.2, -0.15) is 0 Å². The third-order valence-corrected chi connectivity index (χ3v) is 2.23. The molecule has 5 nitrogen and oxygen atoms in total. The van der Waals surface area contributed by atoms with Crippen molar-refractivity contribution in [3.63, 3.8) is 0 Å². The van der Waals surface area contributed by atoms with E-state index in [1.807, 2.05) is 20.8 Å². The van der Waals surface area contributed by atoms with Crippen LogP contribution in [-0.2, 0) is 9.53 Å². The van der Waals surface area contributed by atoms with Crippen LogP contribution in [0.5, 0.6) is 0 Å². The van der Waals surface area contributed by atoms with Crippen molar-refractivity contribution in [2.75, 3.05) is 0 Å². The summed E-state index contributed by atoms with van der Waals surface area (Å²) in [6.45, 7) is 7.05. The van der Waals surface area contributed by atoms with Gasteiger partial charge >= 0.3 is 5.97 Å². The highest BCUT2D eigenvalue weighted by Gasteiger charge is 2.19. The molecule has 98 valence electrons. The lowest BCUT2D eigenvalue weighted by Gasteiger charge is -2.15. The molecule has 0 fully saturated rings. The second-order valence-corrected chi connectivity index (χ2v) is 4.40. The highest BCUT2D eigenvalue weighted by molar-refractivity contribution is 5.91. The molecule has 0 bridgehead atoms. The first-order valence-electron chi connectivity index (χ1n) is 5.84. The molecule has 0 aliphatic heterocycles. The molecule has 0 aromatic carbocycles. The van der Waals surface area contributed by atoms with Crippen molar-refractivity contribution in [2.45, 2.75) is 39.8 Å². The van der Waals surface area contributed by atoms with Crippen LogP contribution in [0.2, 0.25) is 0 Å². The third-order valence-electron chi connectivity index (χ3n) is 2.23. The summed E-state index contributed by atoms with van der Waals surface area (Å²) in [5, 5.41) is 2.68. The molecule has 5 heteroatoms. The summed E-state index contributed by atoms with van der Waals surface area (Å²) >= 11 is 0. The van der Waals surface area contributed by atoms with E-state index in [1.54, 1.807) is 12.1 Å². The van der Waals surface area contributed by atoms with Crippen LogP contribution in [0.3, 0.4) is 0 Å². The molecule has 1 heterocycles. The Bertz CT molecular complexity index is 426. The van der Waals surface area contributed by atoms with Gasteiger partial charge in [0.1, 0.15) is 0 Å². The number of amides is 1. The maximum absolute atomic E-state index is 11.7. The van der Waals surface area contributed by atoms with Gasteiger partial charge < -0.3 is 10.1 Å². The number of pyridine rings is 1. The summed E-state index contributed by atoms with van der Waals surface area (Å²) in [4.78, 5) is 27.3. The van der Waals surface area contributed by atoms with Crippen molar-refractivity contribution in [1.29, 1.82) is 0 Å². The first kappa shape index (κ1) is 14.2. The SMILES string of the molecule is Cc1ccc(C(=O)OC(C)C(=O)NC(C)C)cn1. The van der Waals surface area contributed by atoms with Crippen molar-refractivity contribution in [1.82, 2.24) is 10.3 Å². The molecule has 1 amide bonds. The van der Waals surface area contributed by atoms with E-state index < -0.39 is 12.1 Å². The monoisotopic (exact) mass is 250 g/mol. The van der Waals surface area contributed by atoms with Gasteiger partial charge in [0.25, 0.3) is 5.91 Å². The average Bonchev–Trinajstić information content (AvgIpc) is 2.28. The molecule has 1 unspecified atom stereocenters. The maximum Gasteiger partial charge on any atom is 0.340 e. The van der Waals surface area contributed by atoms with Crippen LogP contribution < -0.4 is 5.32 Å². The number of carbonyl (C=O) groups is 2. The molecule has 0 saturated heterocycles. The Hall–Kier alpha value is -1.91. The van der Waals surface area contributed by atoms with Gasteiger partial charge in [0, 0.05) is 17.9 Å². The van der Waals surface area contributed by atoms with Crippen LogP contribution in [-0.4, -0.2) is 29.0 Å². The van der Waals surface area contributed by atoms with E-state index >= 15 is 0 Å². The topological polar surface area (TPSA) is 68.3 Å². The number of ether oxygens (including phenoxy) is 1. The van der Waals surface area contributed by atoms with Crippen LogP contribution in [0, 0.1) is 6.92 Å². The molecule has 1 rings (SSSR count). The number of carbonyl (C=O) groups excluding carboxylic acids is 2. The predicted molar refractivity (Wildman–Crippen MR) is 67.1 cm³/mol. The van der Waals surface area contributed by atoms with Crippen LogP contribution in [0.15, 0.2) is 18.3 Å². The molecular formula is C13H18N2O3. The Kier molecular flexibility index (Phi) is 4.83. The summed E-state index contributed by atoms with van der Waals surface area (Å²) in [5.74, 6) is -0.854. The van der Waals surface area contributed by atoms with E-state index in [-0.39, 0.29) is 11.9 Å². The zero-order valence-electron chi connectivity index (χ0n) is 11.1. The molecule has 1 aromatic rings. The highest BCUT2D eigenvalue weighted by atomic mass is 16.5. The minimum absolute atomic E-state index is 0.0136. The molecule has 1 N–H and O–H groups in total. The fraction of sp³-hybridized carbons (Fsp3) is 0.462. The van der Waals surface area contributed by atoms with Gasteiger partial charge in [0.2, 0.25) is 0 Å². The fourth-order valence-electron chi connectivity index (χ4n) is 1.27. The molecule has 1 aromatic heterocycles. The lowest BCUT2D eigenvalue weighted by Crippen LogP contribution is -2.39. The molecule has 0 aliphatic rings. The van der Waals surface area contributed by atoms with E-state index in [9.17, 15) is 9.59 Å². The van der Waals surface area contributed by atoms with E-state index in [0.29, 0.717) is 5.56 Å². The third kappa shape index (κ3) is 4.16. The molecular weight excluding hydrogens is 232 g/mol. The normalized spacial score (nSPS) is 12.1. The second kappa shape index (κ2) is 6.14. The van der Waals surface area contributed by atoms with E-state index in [4.69, 9.17) is 4.74 Å². The summed E-state index contributed by atoms with van der Waals surface area (Å²) in [6, 6.07) is 3.35. The van der Waals surface area contributed by atoms with Crippen LogP contribution >= 0.6 is 0 Å². The number of hydrogen-bond donors (Lipinski definition) is 1. The first-order chi connectivity index (χ1) is 8.40. The average molecular weight is 250 g/mol. The van der Waals surface area contributed by atoms with Gasteiger partial charge in [0.15, 0.2) is 6.10 Å². The van der Waals surface area contributed by atoms with E-state index in [0.717, 1.165) is 5.69 Å². The van der Waals surface area contributed by atoms with Gasteiger partial charge in [-0.3, -0.25) is 9.78 Å².